The van der Waals surface area contributed by atoms with Crippen LogP contribution in [-0.2, 0) is 4.79 Å². The fourth-order valence-corrected chi connectivity index (χ4v) is 5.03. The summed E-state index contributed by atoms with van der Waals surface area (Å²) in [4.78, 5) is 15.2. The number of hydrogen-bond donors (Lipinski definition) is 0. The van der Waals surface area contributed by atoms with Crippen LogP contribution in [0.2, 0.25) is 0 Å². The summed E-state index contributed by atoms with van der Waals surface area (Å²) in [5.41, 5.74) is 3.86. The first-order valence-electron chi connectivity index (χ1n) is 8.12. The fourth-order valence-electron chi connectivity index (χ4n) is 2.90. The van der Waals surface area contributed by atoms with Crippen LogP contribution in [0, 0.1) is 17.4 Å². The molecule has 0 aliphatic carbocycles. The molecule has 0 unspecified atom stereocenters. The minimum atomic E-state index is -0.109. The van der Waals surface area contributed by atoms with Crippen LogP contribution in [0.3, 0.4) is 0 Å². The zero-order valence-electron chi connectivity index (χ0n) is 15.3. The molecular formula is C20H18INO3S2. The van der Waals surface area contributed by atoms with E-state index >= 15 is 0 Å². The van der Waals surface area contributed by atoms with Crippen molar-refractivity contribution < 1.29 is 14.3 Å². The van der Waals surface area contributed by atoms with Gasteiger partial charge in [-0.3, -0.25) is 9.69 Å². The topological polar surface area (TPSA) is 38.8 Å². The minimum absolute atomic E-state index is 0.109. The van der Waals surface area contributed by atoms with Gasteiger partial charge < -0.3 is 9.47 Å². The van der Waals surface area contributed by atoms with Gasteiger partial charge in [0.05, 0.1) is 28.4 Å². The number of thiocarbonyl (C=S) groups is 1. The third-order valence-corrected chi connectivity index (χ3v) is 6.24. The summed E-state index contributed by atoms with van der Waals surface area (Å²) in [6.45, 7) is 4.01. The summed E-state index contributed by atoms with van der Waals surface area (Å²) in [6.07, 6.45) is 1.84. The molecule has 1 saturated heterocycles. The largest absolute Gasteiger partial charge is 0.493 e. The van der Waals surface area contributed by atoms with E-state index in [9.17, 15) is 4.79 Å². The van der Waals surface area contributed by atoms with Crippen molar-refractivity contribution in [2.45, 2.75) is 13.8 Å². The molecule has 0 saturated carbocycles. The van der Waals surface area contributed by atoms with Crippen molar-refractivity contribution >= 4 is 68.6 Å². The van der Waals surface area contributed by atoms with Crippen molar-refractivity contribution in [1.82, 2.24) is 0 Å². The molecule has 2 aromatic rings. The number of carbonyl (C=O) groups is 1. The predicted octanol–water partition coefficient (Wildman–Crippen LogP) is 5.33. The van der Waals surface area contributed by atoms with Crippen molar-refractivity contribution in [1.29, 1.82) is 0 Å². The maximum absolute atomic E-state index is 13.0. The van der Waals surface area contributed by atoms with Gasteiger partial charge in [0.15, 0.2) is 15.8 Å². The number of amides is 1. The maximum Gasteiger partial charge on any atom is 0.270 e. The summed E-state index contributed by atoms with van der Waals surface area (Å²) >= 11 is 8.98. The van der Waals surface area contributed by atoms with Gasteiger partial charge >= 0.3 is 0 Å². The number of benzene rings is 2. The number of hydrogen-bond acceptors (Lipinski definition) is 5. The van der Waals surface area contributed by atoms with Crippen molar-refractivity contribution in [3.8, 4) is 11.5 Å². The molecule has 0 atom stereocenters. The lowest BCUT2D eigenvalue weighted by Gasteiger charge is -2.17. The molecule has 0 radical (unpaired) electrons. The van der Waals surface area contributed by atoms with Crippen LogP contribution >= 0.6 is 46.6 Å². The Balaban J connectivity index is 1.98. The second kappa shape index (κ2) is 8.20. The molecule has 1 aliphatic heterocycles. The maximum atomic E-state index is 13.0. The molecule has 0 spiro atoms. The highest BCUT2D eigenvalue weighted by molar-refractivity contribution is 14.1. The van der Waals surface area contributed by atoms with Crippen LogP contribution in [0.5, 0.6) is 11.5 Å². The van der Waals surface area contributed by atoms with E-state index in [2.05, 4.69) is 22.6 Å². The number of halogens is 1. The third-order valence-electron chi connectivity index (χ3n) is 4.14. The van der Waals surface area contributed by atoms with Gasteiger partial charge in [0.25, 0.3) is 5.91 Å². The lowest BCUT2D eigenvalue weighted by molar-refractivity contribution is -0.113. The summed E-state index contributed by atoms with van der Waals surface area (Å²) in [5.74, 6) is 1.19. The fraction of sp³-hybridized carbons (Fsp3) is 0.200. The Kier molecular flexibility index (Phi) is 6.12. The standard InChI is InChI=1S/C20H18INO3S2/c1-11-5-6-15(12(2)7-11)22-19(23)17(27-20(22)26)10-13-8-14(21)18(25-4)16(9-13)24-3/h5-10H,1-4H3/b17-10-. The Morgan fingerprint density at radius 2 is 1.89 bits per heavy atom. The number of nitrogens with zero attached hydrogens (tertiary/aromatic N) is 1. The quantitative estimate of drug-likeness (QED) is 0.315. The van der Waals surface area contributed by atoms with Gasteiger partial charge in [0, 0.05) is 0 Å². The van der Waals surface area contributed by atoms with Crippen molar-refractivity contribution in [2.75, 3.05) is 19.1 Å². The van der Waals surface area contributed by atoms with Gasteiger partial charge in [-0.1, -0.05) is 41.7 Å². The summed E-state index contributed by atoms with van der Waals surface area (Å²) in [5, 5.41) is 0. The number of aryl methyl sites for hydroxylation is 2. The second-order valence-corrected chi connectivity index (χ2v) is 8.88. The normalized spacial score (nSPS) is 15.6. The first kappa shape index (κ1) is 20.2. The molecule has 3 rings (SSSR count). The Bertz CT molecular complexity index is 972. The van der Waals surface area contributed by atoms with Crippen LogP contribution in [0.15, 0.2) is 35.2 Å². The molecule has 1 fully saturated rings. The molecule has 27 heavy (non-hydrogen) atoms. The molecule has 7 heteroatoms. The summed E-state index contributed by atoms with van der Waals surface area (Å²) < 4.78 is 12.2. The molecule has 140 valence electrons. The molecule has 0 N–H and O–H groups in total. The molecule has 1 aliphatic rings. The number of methoxy groups -OCH3 is 2. The monoisotopic (exact) mass is 511 g/mol. The molecule has 1 heterocycles. The van der Waals surface area contributed by atoms with E-state index in [0.29, 0.717) is 20.7 Å². The van der Waals surface area contributed by atoms with Crippen LogP contribution < -0.4 is 14.4 Å². The molecule has 4 nitrogen and oxygen atoms in total. The van der Waals surface area contributed by atoms with Crippen molar-refractivity contribution in [2.24, 2.45) is 0 Å². The van der Waals surface area contributed by atoms with Gasteiger partial charge in [0.2, 0.25) is 0 Å². The number of anilines is 1. The summed E-state index contributed by atoms with van der Waals surface area (Å²) in [7, 11) is 3.20. The van der Waals surface area contributed by atoms with E-state index in [0.717, 1.165) is 25.9 Å². The van der Waals surface area contributed by atoms with E-state index in [1.165, 1.54) is 11.8 Å². The van der Waals surface area contributed by atoms with E-state index in [1.54, 1.807) is 19.1 Å². The highest BCUT2D eigenvalue weighted by Crippen LogP contribution is 2.39. The number of carbonyl (C=O) groups excluding carboxylic acids is 1. The predicted molar refractivity (Wildman–Crippen MR) is 124 cm³/mol. The highest BCUT2D eigenvalue weighted by Gasteiger charge is 2.34. The van der Waals surface area contributed by atoms with Crippen LogP contribution in [0.1, 0.15) is 16.7 Å². The lowest BCUT2D eigenvalue weighted by atomic mass is 10.1. The van der Waals surface area contributed by atoms with Gasteiger partial charge in [-0.25, -0.2) is 0 Å². The minimum Gasteiger partial charge on any atom is -0.493 e. The van der Waals surface area contributed by atoms with Crippen LogP contribution in [-0.4, -0.2) is 24.4 Å². The Hall–Kier alpha value is -1.58. The Morgan fingerprint density at radius 1 is 1.15 bits per heavy atom. The zero-order chi connectivity index (χ0) is 19.7. The molecule has 1 amide bonds. The highest BCUT2D eigenvalue weighted by atomic mass is 127. The Labute approximate surface area is 182 Å². The van der Waals surface area contributed by atoms with Gasteiger partial charge in [-0.15, -0.1) is 0 Å². The van der Waals surface area contributed by atoms with Crippen LogP contribution in [0.4, 0.5) is 5.69 Å². The first-order chi connectivity index (χ1) is 12.8. The van der Waals surface area contributed by atoms with Crippen molar-refractivity contribution in [3.63, 3.8) is 0 Å². The van der Waals surface area contributed by atoms with Gasteiger partial charge in [0.1, 0.15) is 0 Å². The lowest BCUT2D eigenvalue weighted by Crippen LogP contribution is -2.28. The molecule has 0 bridgehead atoms. The van der Waals surface area contributed by atoms with Gasteiger partial charge in [-0.2, -0.15) is 0 Å². The SMILES string of the molecule is COc1cc(/C=C2\SC(=S)N(c3ccc(C)cc3C)C2=O)cc(I)c1OC. The first-order valence-corrected chi connectivity index (χ1v) is 10.4. The summed E-state index contributed by atoms with van der Waals surface area (Å²) in [6, 6.07) is 9.78. The number of rotatable bonds is 4. The average Bonchev–Trinajstić information content (AvgIpc) is 2.88. The van der Waals surface area contributed by atoms with E-state index < -0.39 is 0 Å². The zero-order valence-corrected chi connectivity index (χ0v) is 19.1. The van der Waals surface area contributed by atoms with E-state index in [1.807, 2.05) is 50.3 Å². The number of thioether (sulfide) groups is 1. The van der Waals surface area contributed by atoms with E-state index in [4.69, 9.17) is 21.7 Å². The third kappa shape index (κ3) is 4.00. The van der Waals surface area contributed by atoms with Crippen LogP contribution in [0.25, 0.3) is 6.08 Å². The second-order valence-electron chi connectivity index (χ2n) is 6.05. The molecule has 0 aromatic heterocycles. The number of ether oxygens (including phenoxy) is 2. The average molecular weight is 511 g/mol. The van der Waals surface area contributed by atoms with Crippen molar-refractivity contribution in [3.05, 3.63) is 55.5 Å². The molecule has 2 aromatic carbocycles. The Morgan fingerprint density at radius 3 is 2.52 bits per heavy atom. The molecular weight excluding hydrogens is 493 g/mol. The van der Waals surface area contributed by atoms with Gasteiger partial charge in [-0.05, 0) is 71.8 Å². The smallest absolute Gasteiger partial charge is 0.270 e. The van der Waals surface area contributed by atoms with E-state index in [-0.39, 0.29) is 5.91 Å².